The van der Waals surface area contributed by atoms with E-state index in [1.807, 2.05) is 0 Å². The van der Waals surface area contributed by atoms with Gasteiger partial charge in [0, 0.05) is 33.7 Å². The molecule has 11 aromatic carbocycles. The number of para-hydroxylation sites is 2. The Bertz CT molecular complexity index is 3690. The first kappa shape index (κ1) is 36.2. The van der Waals surface area contributed by atoms with E-state index in [4.69, 9.17) is 0 Å². The Kier molecular flexibility index (Phi) is 8.25. The summed E-state index contributed by atoms with van der Waals surface area (Å²) in [6.45, 7) is 0. The molecular weight excluding hydrogens is 773 g/mol. The van der Waals surface area contributed by atoms with Gasteiger partial charge in [-0.2, -0.15) is 0 Å². The largest absolute Gasteiger partial charge is 0.310 e. The standard InChI is InChI=1S/C62H40N2/c1-3-15-44(16-4-1)61-56-24-9-10-27-59(56)64(48-20-5-2-6-21-48)62(61)45-32-34-49(35-33-45)63(51-36-37-53-54-25-12-17-43-18-13-26-55(60(43)54)58(53)40-51)50-22-11-19-46(38-50)47-31-30-42-29-28-41-14-7-8-23-52(41)57(42)39-47/h1-40H. The van der Waals surface area contributed by atoms with E-state index in [-0.39, 0.29) is 0 Å². The highest BCUT2D eigenvalue weighted by Gasteiger charge is 2.25. The smallest absolute Gasteiger partial charge is 0.0619 e. The van der Waals surface area contributed by atoms with Crippen molar-refractivity contribution in [1.82, 2.24) is 4.57 Å². The van der Waals surface area contributed by atoms with Gasteiger partial charge in [0.25, 0.3) is 0 Å². The zero-order valence-electron chi connectivity index (χ0n) is 35.0. The van der Waals surface area contributed by atoms with Gasteiger partial charge in [0.05, 0.1) is 11.2 Å². The monoisotopic (exact) mass is 812 g/mol. The fourth-order valence-corrected chi connectivity index (χ4v) is 10.4. The summed E-state index contributed by atoms with van der Waals surface area (Å²) in [6.07, 6.45) is 0. The Morgan fingerprint density at radius 2 is 0.875 bits per heavy atom. The van der Waals surface area contributed by atoms with Crippen LogP contribution in [0.5, 0.6) is 0 Å². The van der Waals surface area contributed by atoms with Gasteiger partial charge in [0.2, 0.25) is 0 Å². The first-order valence-electron chi connectivity index (χ1n) is 22.1. The molecule has 2 nitrogen and oxygen atoms in total. The van der Waals surface area contributed by atoms with E-state index in [1.54, 1.807) is 0 Å². The zero-order chi connectivity index (χ0) is 42.1. The Morgan fingerprint density at radius 1 is 0.297 bits per heavy atom. The number of benzene rings is 11. The highest BCUT2D eigenvalue weighted by molar-refractivity contribution is 6.16. The van der Waals surface area contributed by atoms with Crippen molar-refractivity contribution in [2.75, 3.05) is 4.90 Å². The average Bonchev–Trinajstić information content (AvgIpc) is 3.89. The van der Waals surface area contributed by atoms with Gasteiger partial charge in [-0.3, -0.25) is 0 Å². The molecule has 1 aliphatic carbocycles. The van der Waals surface area contributed by atoms with Gasteiger partial charge in [-0.15, -0.1) is 0 Å². The minimum atomic E-state index is 1.09. The summed E-state index contributed by atoms with van der Waals surface area (Å²) in [7, 11) is 0. The van der Waals surface area contributed by atoms with E-state index in [1.165, 1.54) is 93.4 Å². The van der Waals surface area contributed by atoms with Crippen LogP contribution >= 0.6 is 0 Å². The summed E-state index contributed by atoms with van der Waals surface area (Å²) in [4.78, 5) is 2.43. The van der Waals surface area contributed by atoms with Crippen LogP contribution in [0.2, 0.25) is 0 Å². The molecule has 0 amide bonds. The predicted molar refractivity (Wildman–Crippen MR) is 271 cm³/mol. The van der Waals surface area contributed by atoms with Crippen LogP contribution in [-0.4, -0.2) is 4.57 Å². The van der Waals surface area contributed by atoms with E-state index in [0.29, 0.717) is 0 Å². The van der Waals surface area contributed by atoms with Gasteiger partial charge >= 0.3 is 0 Å². The quantitative estimate of drug-likeness (QED) is 0.146. The number of aromatic nitrogens is 1. The number of nitrogens with zero attached hydrogens (tertiary/aromatic N) is 2. The van der Waals surface area contributed by atoms with Crippen LogP contribution in [0.1, 0.15) is 0 Å². The average molecular weight is 813 g/mol. The molecule has 298 valence electrons. The summed E-state index contributed by atoms with van der Waals surface area (Å²) in [5.74, 6) is 0. The highest BCUT2D eigenvalue weighted by atomic mass is 15.1. The van der Waals surface area contributed by atoms with Gasteiger partial charge < -0.3 is 9.47 Å². The number of hydrogen-bond acceptors (Lipinski definition) is 1. The van der Waals surface area contributed by atoms with E-state index < -0.39 is 0 Å². The molecule has 0 saturated heterocycles. The first-order chi connectivity index (χ1) is 31.7. The third kappa shape index (κ3) is 5.73. The fourth-order valence-electron chi connectivity index (χ4n) is 10.4. The molecule has 13 rings (SSSR count). The normalized spacial score (nSPS) is 11.8. The fraction of sp³-hybridized carbons (Fsp3) is 0. The number of hydrogen-bond donors (Lipinski definition) is 0. The Hall–Kier alpha value is -8.46. The molecule has 0 unspecified atom stereocenters. The minimum absolute atomic E-state index is 1.09. The minimum Gasteiger partial charge on any atom is -0.310 e. The van der Waals surface area contributed by atoms with Crippen LogP contribution in [0.4, 0.5) is 17.1 Å². The van der Waals surface area contributed by atoms with Crippen molar-refractivity contribution in [3.8, 4) is 61.5 Å². The maximum absolute atomic E-state index is 2.43. The van der Waals surface area contributed by atoms with E-state index in [9.17, 15) is 0 Å². The summed E-state index contributed by atoms with van der Waals surface area (Å²) in [6, 6.07) is 89.1. The summed E-state index contributed by atoms with van der Waals surface area (Å²) >= 11 is 0. The second-order valence-corrected chi connectivity index (χ2v) is 16.9. The van der Waals surface area contributed by atoms with Crippen molar-refractivity contribution in [3.05, 3.63) is 243 Å². The third-order valence-electron chi connectivity index (χ3n) is 13.3. The van der Waals surface area contributed by atoms with Gasteiger partial charge in [-0.05, 0) is 137 Å². The maximum Gasteiger partial charge on any atom is 0.0619 e. The van der Waals surface area contributed by atoms with Crippen LogP contribution in [0.3, 0.4) is 0 Å². The van der Waals surface area contributed by atoms with Crippen molar-refractivity contribution >= 4 is 60.3 Å². The highest BCUT2D eigenvalue weighted by Crippen LogP contribution is 2.50. The second kappa shape index (κ2) is 14.6. The van der Waals surface area contributed by atoms with Crippen molar-refractivity contribution < 1.29 is 0 Å². The van der Waals surface area contributed by atoms with Crippen LogP contribution < -0.4 is 4.90 Å². The lowest BCUT2D eigenvalue weighted by molar-refractivity contribution is 1.13. The number of anilines is 3. The second-order valence-electron chi connectivity index (χ2n) is 16.9. The van der Waals surface area contributed by atoms with Crippen molar-refractivity contribution in [3.63, 3.8) is 0 Å². The van der Waals surface area contributed by atoms with Gasteiger partial charge in [-0.25, -0.2) is 0 Å². The molecule has 1 aromatic heterocycles. The molecule has 0 fully saturated rings. The molecular formula is C62H40N2. The van der Waals surface area contributed by atoms with Crippen molar-refractivity contribution in [2.24, 2.45) is 0 Å². The Morgan fingerprint density at radius 3 is 1.69 bits per heavy atom. The summed E-state index contributed by atoms with van der Waals surface area (Å²) in [5.41, 5.74) is 17.9. The molecule has 1 heterocycles. The molecule has 0 N–H and O–H groups in total. The maximum atomic E-state index is 2.43. The third-order valence-corrected chi connectivity index (χ3v) is 13.3. The van der Waals surface area contributed by atoms with E-state index in [0.717, 1.165) is 28.3 Å². The predicted octanol–water partition coefficient (Wildman–Crippen LogP) is 17.2. The number of rotatable bonds is 7. The van der Waals surface area contributed by atoms with Crippen LogP contribution in [0, 0.1) is 0 Å². The van der Waals surface area contributed by atoms with Gasteiger partial charge in [0.1, 0.15) is 0 Å². The molecule has 1 aliphatic rings. The van der Waals surface area contributed by atoms with E-state index in [2.05, 4.69) is 252 Å². The SMILES string of the molecule is c1ccc(-c2c(-c3ccc(N(c4cccc(-c5ccc6ccc7ccccc7c6c5)c4)c4ccc5c(c4)-c4cccc6cccc-5c46)cc3)n(-c3ccccc3)c3ccccc23)cc1. The Labute approximate surface area is 372 Å². The van der Waals surface area contributed by atoms with Crippen molar-refractivity contribution in [1.29, 1.82) is 0 Å². The molecule has 0 bridgehead atoms. The van der Waals surface area contributed by atoms with Crippen LogP contribution in [0.25, 0.3) is 105 Å². The zero-order valence-corrected chi connectivity index (χ0v) is 35.0. The molecule has 0 saturated carbocycles. The lowest BCUT2D eigenvalue weighted by Gasteiger charge is -2.27. The lowest BCUT2D eigenvalue weighted by atomic mass is 9.96. The molecule has 0 atom stereocenters. The Balaban J connectivity index is 0.997. The number of fused-ring (bicyclic) bond motifs is 7. The lowest BCUT2D eigenvalue weighted by Crippen LogP contribution is -2.10. The molecule has 0 aliphatic heterocycles. The van der Waals surface area contributed by atoms with Gasteiger partial charge in [0.15, 0.2) is 0 Å². The van der Waals surface area contributed by atoms with Gasteiger partial charge in [-0.1, -0.05) is 182 Å². The van der Waals surface area contributed by atoms with Crippen molar-refractivity contribution in [2.45, 2.75) is 0 Å². The first-order valence-corrected chi connectivity index (χ1v) is 22.1. The molecule has 0 radical (unpaired) electrons. The van der Waals surface area contributed by atoms with E-state index >= 15 is 0 Å². The summed E-state index contributed by atoms with van der Waals surface area (Å²) < 4.78 is 2.43. The molecule has 2 heteroatoms. The topological polar surface area (TPSA) is 8.17 Å². The molecule has 12 aromatic rings. The molecule has 64 heavy (non-hydrogen) atoms. The van der Waals surface area contributed by atoms with Crippen LogP contribution in [0.15, 0.2) is 243 Å². The van der Waals surface area contributed by atoms with Crippen LogP contribution in [-0.2, 0) is 0 Å². The molecule has 0 spiro atoms. The summed E-state index contributed by atoms with van der Waals surface area (Å²) in [5, 5.41) is 8.88.